The number of piperazine rings is 1. The molecule has 2 aromatic heterocycles. The highest BCUT2D eigenvalue weighted by Gasteiger charge is 2.13. The van der Waals surface area contributed by atoms with E-state index in [1.54, 1.807) is 17.4 Å². The zero-order valence-corrected chi connectivity index (χ0v) is 12.6. The second kappa shape index (κ2) is 6.84. The molecule has 0 spiro atoms. The first-order valence-corrected chi connectivity index (χ1v) is 8.01. The van der Waals surface area contributed by atoms with Crippen LogP contribution in [0, 0.1) is 0 Å². The van der Waals surface area contributed by atoms with Gasteiger partial charge in [-0.15, -0.1) is 11.3 Å². The predicted octanol–water partition coefficient (Wildman–Crippen LogP) is 0.773. The van der Waals surface area contributed by atoms with Crippen LogP contribution in [0.5, 0.6) is 0 Å². The highest BCUT2D eigenvalue weighted by atomic mass is 32.1. The van der Waals surface area contributed by atoms with Crippen molar-refractivity contribution in [2.45, 2.75) is 0 Å². The average molecular weight is 305 g/mol. The first-order valence-electron chi connectivity index (χ1n) is 7.13. The molecule has 0 bridgehead atoms. The normalized spacial score (nSPS) is 16.0. The molecule has 0 aliphatic carbocycles. The Labute approximate surface area is 127 Å². The number of carbonyl (C=O) groups is 1. The van der Waals surface area contributed by atoms with Gasteiger partial charge in [0.05, 0.1) is 10.6 Å². The van der Waals surface area contributed by atoms with Crippen LogP contribution in [-0.4, -0.2) is 60.3 Å². The molecule has 21 heavy (non-hydrogen) atoms. The molecular weight excluding hydrogens is 286 g/mol. The third-order valence-electron chi connectivity index (χ3n) is 3.52. The average Bonchev–Trinajstić information content (AvgIpc) is 3.19. The number of amides is 1. The third-order valence-corrected chi connectivity index (χ3v) is 4.42. The standard InChI is InChI=1S/C14H19N5OS/c20-14(16-5-8-19-6-3-15-4-7-19)12-10-11(17-18-12)13-2-1-9-21-13/h1-2,9-10,15H,3-8H2,(H,16,20)(H,17,18). The van der Waals surface area contributed by atoms with Crippen LogP contribution in [-0.2, 0) is 0 Å². The first-order chi connectivity index (χ1) is 10.3. The van der Waals surface area contributed by atoms with Crippen LogP contribution in [0.2, 0.25) is 0 Å². The molecule has 0 aromatic carbocycles. The minimum atomic E-state index is -0.121. The predicted molar refractivity (Wildman–Crippen MR) is 83.5 cm³/mol. The van der Waals surface area contributed by atoms with Crippen molar-refractivity contribution >= 4 is 17.2 Å². The largest absolute Gasteiger partial charge is 0.349 e. The van der Waals surface area contributed by atoms with Gasteiger partial charge in [-0.2, -0.15) is 5.10 Å². The highest BCUT2D eigenvalue weighted by molar-refractivity contribution is 7.13. The van der Waals surface area contributed by atoms with Crippen molar-refractivity contribution in [1.82, 2.24) is 25.7 Å². The van der Waals surface area contributed by atoms with Gasteiger partial charge < -0.3 is 10.6 Å². The molecule has 1 amide bonds. The van der Waals surface area contributed by atoms with Gasteiger partial charge in [-0.25, -0.2) is 0 Å². The summed E-state index contributed by atoms with van der Waals surface area (Å²) in [4.78, 5) is 15.5. The second-order valence-electron chi connectivity index (χ2n) is 4.99. The molecule has 112 valence electrons. The Morgan fingerprint density at radius 3 is 3.05 bits per heavy atom. The van der Waals surface area contributed by atoms with Gasteiger partial charge in [0.15, 0.2) is 5.69 Å². The van der Waals surface area contributed by atoms with E-state index in [0.717, 1.165) is 43.3 Å². The molecule has 0 radical (unpaired) electrons. The van der Waals surface area contributed by atoms with Crippen LogP contribution >= 0.6 is 11.3 Å². The van der Waals surface area contributed by atoms with Crippen molar-refractivity contribution < 1.29 is 4.79 Å². The summed E-state index contributed by atoms with van der Waals surface area (Å²) < 4.78 is 0. The minimum absolute atomic E-state index is 0.121. The zero-order valence-electron chi connectivity index (χ0n) is 11.8. The molecule has 1 aliphatic heterocycles. The quantitative estimate of drug-likeness (QED) is 0.763. The van der Waals surface area contributed by atoms with E-state index in [4.69, 9.17) is 0 Å². The van der Waals surface area contributed by atoms with E-state index in [0.29, 0.717) is 12.2 Å². The summed E-state index contributed by atoms with van der Waals surface area (Å²) in [6.45, 7) is 5.67. The van der Waals surface area contributed by atoms with E-state index in [1.807, 2.05) is 17.5 Å². The summed E-state index contributed by atoms with van der Waals surface area (Å²) in [6.07, 6.45) is 0. The number of aromatic amines is 1. The lowest BCUT2D eigenvalue weighted by Crippen LogP contribution is -2.46. The summed E-state index contributed by atoms with van der Waals surface area (Å²) in [5, 5.41) is 15.2. The second-order valence-corrected chi connectivity index (χ2v) is 5.94. The summed E-state index contributed by atoms with van der Waals surface area (Å²) >= 11 is 1.62. The highest BCUT2D eigenvalue weighted by Crippen LogP contribution is 2.22. The summed E-state index contributed by atoms with van der Waals surface area (Å²) in [7, 11) is 0. The van der Waals surface area contributed by atoms with Crippen LogP contribution in [0.25, 0.3) is 10.6 Å². The molecule has 3 heterocycles. The Balaban J connectivity index is 1.49. The van der Waals surface area contributed by atoms with Gasteiger partial charge in [0.2, 0.25) is 0 Å². The SMILES string of the molecule is O=C(NCCN1CCNCC1)c1cc(-c2cccs2)[nH]n1. The summed E-state index contributed by atoms with van der Waals surface area (Å²) in [6, 6.07) is 5.78. The van der Waals surface area contributed by atoms with E-state index in [2.05, 4.69) is 25.7 Å². The fraction of sp³-hybridized carbons (Fsp3) is 0.429. The van der Waals surface area contributed by atoms with Crippen LogP contribution in [0.4, 0.5) is 0 Å². The molecule has 0 atom stereocenters. The van der Waals surface area contributed by atoms with Crippen LogP contribution in [0.15, 0.2) is 23.6 Å². The molecule has 2 aromatic rings. The number of nitrogens with zero attached hydrogens (tertiary/aromatic N) is 2. The van der Waals surface area contributed by atoms with E-state index < -0.39 is 0 Å². The third kappa shape index (κ3) is 3.69. The van der Waals surface area contributed by atoms with Crippen molar-refractivity contribution in [3.05, 3.63) is 29.3 Å². The Bertz CT molecular complexity index is 574. The molecule has 1 aliphatic rings. The fourth-order valence-electron chi connectivity index (χ4n) is 2.35. The van der Waals surface area contributed by atoms with Crippen LogP contribution < -0.4 is 10.6 Å². The Morgan fingerprint density at radius 2 is 2.29 bits per heavy atom. The fourth-order valence-corrected chi connectivity index (χ4v) is 3.04. The topological polar surface area (TPSA) is 73.1 Å². The lowest BCUT2D eigenvalue weighted by molar-refractivity contribution is 0.0942. The van der Waals surface area contributed by atoms with Gasteiger partial charge >= 0.3 is 0 Å². The van der Waals surface area contributed by atoms with Crippen molar-refractivity contribution in [3.8, 4) is 10.6 Å². The number of carbonyl (C=O) groups excluding carboxylic acids is 1. The number of aromatic nitrogens is 2. The van der Waals surface area contributed by atoms with Gasteiger partial charge in [0, 0.05) is 39.3 Å². The number of thiophene rings is 1. The number of nitrogens with one attached hydrogen (secondary N) is 3. The molecule has 1 saturated heterocycles. The Hall–Kier alpha value is -1.70. The van der Waals surface area contributed by atoms with Crippen molar-refractivity contribution in [2.75, 3.05) is 39.3 Å². The van der Waals surface area contributed by atoms with E-state index >= 15 is 0 Å². The maximum Gasteiger partial charge on any atom is 0.271 e. The van der Waals surface area contributed by atoms with Gasteiger partial charge in [-0.3, -0.25) is 14.8 Å². The number of rotatable bonds is 5. The molecule has 0 unspecified atom stereocenters. The minimum Gasteiger partial charge on any atom is -0.349 e. The van der Waals surface area contributed by atoms with Gasteiger partial charge in [0.25, 0.3) is 5.91 Å². The first kappa shape index (κ1) is 14.2. The van der Waals surface area contributed by atoms with Crippen molar-refractivity contribution in [2.24, 2.45) is 0 Å². The Morgan fingerprint density at radius 1 is 1.43 bits per heavy atom. The van der Waals surface area contributed by atoms with Crippen molar-refractivity contribution in [1.29, 1.82) is 0 Å². The number of hydrogen-bond donors (Lipinski definition) is 3. The smallest absolute Gasteiger partial charge is 0.271 e. The monoisotopic (exact) mass is 305 g/mol. The van der Waals surface area contributed by atoms with Crippen molar-refractivity contribution in [3.63, 3.8) is 0 Å². The summed E-state index contributed by atoms with van der Waals surface area (Å²) in [5.41, 5.74) is 1.33. The maximum absolute atomic E-state index is 12.0. The number of H-pyrrole nitrogens is 1. The van der Waals surface area contributed by atoms with E-state index in [9.17, 15) is 4.79 Å². The molecular formula is C14H19N5OS. The maximum atomic E-state index is 12.0. The van der Waals surface area contributed by atoms with Gasteiger partial charge in [0.1, 0.15) is 0 Å². The molecule has 0 saturated carbocycles. The van der Waals surface area contributed by atoms with Crippen LogP contribution in [0.1, 0.15) is 10.5 Å². The number of hydrogen-bond acceptors (Lipinski definition) is 5. The van der Waals surface area contributed by atoms with E-state index in [1.165, 1.54) is 0 Å². The lowest BCUT2D eigenvalue weighted by Gasteiger charge is -2.26. The molecule has 3 N–H and O–H groups in total. The zero-order chi connectivity index (χ0) is 14.5. The van der Waals surface area contributed by atoms with E-state index in [-0.39, 0.29) is 5.91 Å². The molecule has 3 rings (SSSR count). The molecule has 1 fully saturated rings. The van der Waals surface area contributed by atoms with Crippen LogP contribution in [0.3, 0.4) is 0 Å². The van der Waals surface area contributed by atoms with Gasteiger partial charge in [-0.1, -0.05) is 6.07 Å². The lowest BCUT2D eigenvalue weighted by atomic mass is 10.3. The molecule has 6 nitrogen and oxygen atoms in total. The Kier molecular flexibility index (Phi) is 4.64. The summed E-state index contributed by atoms with van der Waals surface area (Å²) in [5.74, 6) is -0.121. The molecule has 7 heteroatoms. The van der Waals surface area contributed by atoms with Gasteiger partial charge in [-0.05, 0) is 17.5 Å².